The molecule has 86 valence electrons. The highest BCUT2D eigenvalue weighted by Gasteiger charge is 2.13. The van der Waals surface area contributed by atoms with Crippen LogP contribution in [0.5, 0.6) is 0 Å². The first-order valence-corrected chi connectivity index (χ1v) is 6.17. The first kappa shape index (κ1) is 11.3. The number of Topliss-reactive ketones (excluding diaryl/α,β-unsaturated/α-hetero) is 1. The minimum atomic E-state index is 0.260. The van der Waals surface area contributed by atoms with Gasteiger partial charge in [-0.2, -0.15) is 0 Å². The Hall–Kier alpha value is -1.15. The van der Waals surface area contributed by atoms with Gasteiger partial charge in [0.25, 0.3) is 0 Å². The first-order chi connectivity index (χ1) is 7.81. The Morgan fingerprint density at radius 1 is 1.31 bits per heavy atom. The molecule has 0 heterocycles. The number of aryl methyl sites for hydroxylation is 2. The SMILES string of the molecule is CCNCCC(=O)c1ccc2c(c1)CCC2. The lowest BCUT2D eigenvalue weighted by molar-refractivity contribution is 0.0982. The van der Waals surface area contributed by atoms with E-state index in [2.05, 4.69) is 24.4 Å². The maximum atomic E-state index is 11.9. The van der Waals surface area contributed by atoms with Gasteiger partial charge in [0, 0.05) is 18.5 Å². The highest BCUT2D eigenvalue weighted by Crippen LogP contribution is 2.23. The lowest BCUT2D eigenvalue weighted by atomic mass is 10.0. The van der Waals surface area contributed by atoms with E-state index in [4.69, 9.17) is 0 Å². The maximum absolute atomic E-state index is 11.9. The van der Waals surface area contributed by atoms with Gasteiger partial charge in [0.1, 0.15) is 0 Å². The number of ketones is 1. The molecule has 1 aliphatic carbocycles. The summed E-state index contributed by atoms with van der Waals surface area (Å²) in [4.78, 5) is 11.9. The van der Waals surface area contributed by atoms with Crippen molar-refractivity contribution >= 4 is 5.78 Å². The molecule has 16 heavy (non-hydrogen) atoms. The molecule has 2 rings (SSSR count). The monoisotopic (exact) mass is 217 g/mol. The fourth-order valence-electron chi connectivity index (χ4n) is 2.27. The van der Waals surface area contributed by atoms with Crippen molar-refractivity contribution in [2.24, 2.45) is 0 Å². The molecule has 0 atom stereocenters. The molecule has 0 aliphatic heterocycles. The Morgan fingerprint density at radius 2 is 2.12 bits per heavy atom. The zero-order valence-electron chi connectivity index (χ0n) is 9.88. The Morgan fingerprint density at radius 3 is 2.94 bits per heavy atom. The zero-order valence-corrected chi connectivity index (χ0v) is 9.88. The summed E-state index contributed by atoms with van der Waals surface area (Å²) in [5, 5.41) is 3.18. The van der Waals surface area contributed by atoms with Crippen molar-refractivity contribution in [2.75, 3.05) is 13.1 Å². The van der Waals surface area contributed by atoms with Crippen molar-refractivity contribution in [3.05, 3.63) is 34.9 Å². The third kappa shape index (κ3) is 2.50. The molecule has 1 aromatic carbocycles. The van der Waals surface area contributed by atoms with E-state index in [1.165, 1.54) is 24.0 Å². The number of nitrogens with one attached hydrogen (secondary N) is 1. The smallest absolute Gasteiger partial charge is 0.164 e. The van der Waals surface area contributed by atoms with E-state index in [1.807, 2.05) is 6.07 Å². The van der Waals surface area contributed by atoms with E-state index in [0.29, 0.717) is 6.42 Å². The van der Waals surface area contributed by atoms with Crippen LogP contribution in [0.1, 0.15) is 41.3 Å². The van der Waals surface area contributed by atoms with Crippen LogP contribution in [0.15, 0.2) is 18.2 Å². The van der Waals surface area contributed by atoms with Gasteiger partial charge in [0.15, 0.2) is 5.78 Å². The van der Waals surface area contributed by atoms with Gasteiger partial charge in [-0.25, -0.2) is 0 Å². The van der Waals surface area contributed by atoms with Crippen LogP contribution < -0.4 is 5.32 Å². The van der Waals surface area contributed by atoms with Crippen LogP contribution in [-0.2, 0) is 12.8 Å². The molecule has 1 aliphatic rings. The van der Waals surface area contributed by atoms with Gasteiger partial charge in [0.05, 0.1) is 0 Å². The molecule has 0 radical (unpaired) electrons. The third-order valence-corrected chi connectivity index (χ3v) is 3.20. The quantitative estimate of drug-likeness (QED) is 0.606. The van der Waals surface area contributed by atoms with Crippen molar-refractivity contribution in [3.63, 3.8) is 0 Å². The number of carbonyl (C=O) groups excluding carboxylic acids is 1. The maximum Gasteiger partial charge on any atom is 0.164 e. The Balaban J connectivity index is 2.01. The van der Waals surface area contributed by atoms with Crippen molar-refractivity contribution < 1.29 is 4.79 Å². The number of hydrogen-bond acceptors (Lipinski definition) is 2. The van der Waals surface area contributed by atoms with E-state index in [9.17, 15) is 4.79 Å². The van der Waals surface area contributed by atoms with E-state index >= 15 is 0 Å². The van der Waals surface area contributed by atoms with Crippen LogP contribution >= 0.6 is 0 Å². The molecule has 1 N–H and O–H groups in total. The lowest BCUT2D eigenvalue weighted by Crippen LogP contribution is -2.17. The highest BCUT2D eigenvalue weighted by molar-refractivity contribution is 5.96. The fraction of sp³-hybridized carbons (Fsp3) is 0.500. The van der Waals surface area contributed by atoms with Gasteiger partial charge in [-0.3, -0.25) is 4.79 Å². The van der Waals surface area contributed by atoms with E-state index in [0.717, 1.165) is 25.1 Å². The minimum absolute atomic E-state index is 0.260. The van der Waals surface area contributed by atoms with Gasteiger partial charge >= 0.3 is 0 Å². The predicted molar refractivity (Wildman–Crippen MR) is 66.0 cm³/mol. The van der Waals surface area contributed by atoms with Gasteiger partial charge in [-0.1, -0.05) is 19.1 Å². The zero-order chi connectivity index (χ0) is 11.4. The summed E-state index contributed by atoms with van der Waals surface area (Å²) < 4.78 is 0. The van der Waals surface area contributed by atoms with Crippen molar-refractivity contribution in [3.8, 4) is 0 Å². The highest BCUT2D eigenvalue weighted by atomic mass is 16.1. The molecule has 0 saturated heterocycles. The molecule has 0 saturated carbocycles. The fourth-order valence-corrected chi connectivity index (χ4v) is 2.27. The number of hydrogen-bond donors (Lipinski definition) is 1. The van der Waals surface area contributed by atoms with Crippen LogP contribution in [0.4, 0.5) is 0 Å². The topological polar surface area (TPSA) is 29.1 Å². The second-order valence-electron chi connectivity index (χ2n) is 4.36. The molecule has 0 bridgehead atoms. The van der Waals surface area contributed by atoms with E-state index < -0.39 is 0 Å². The second-order valence-corrected chi connectivity index (χ2v) is 4.36. The number of fused-ring (bicyclic) bond motifs is 1. The summed E-state index contributed by atoms with van der Waals surface area (Å²) in [5.74, 6) is 0.260. The first-order valence-electron chi connectivity index (χ1n) is 6.17. The average molecular weight is 217 g/mol. The average Bonchev–Trinajstić information content (AvgIpc) is 2.76. The van der Waals surface area contributed by atoms with Crippen molar-refractivity contribution in [1.82, 2.24) is 5.32 Å². The van der Waals surface area contributed by atoms with Gasteiger partial charge in [-0.15, -0.1) is 0 Å². The third-order valence-electron chi connectivity index (χ3n) is 3.20. The van der Waals surface area contributed by atoms with Gasteiger partial charge < -0.3 is 5.32 Å². The van der Waals surface area contributed by atoms with Crippen molar-refractivity contribution in [1.29, 1.82) is 0 Å². The summed E-state index contributed by atoms with van der Waals surface area (Å²) in [5.41, 5.74) is 3.70. The number of benzene rings is 1. The minimum Gasteiger partial charge on any atom is -0.317 e. The molecule has 0 fully saturated rings. The van der Waals surface area contributed by atoms with Crippen LogP contribution in [0, 0.1) is 0 Å². The van der Waals surface area contributed by atoms with Crippen molar-refractivity contribution in [2.45, 2.75) is 32.6 Å². The largest absolute Gasteiger partial charge is 0.317 e. The van der Waals surface area contributed by atoms with Crippen LogP contribution in [-0.4, -0.2) is 18.9 Å². The molecular weight excluding hydrogens is 198 g/mol. The summed E-state index contributed by atoms with van der Waals surface area (Å²) in [6.45, 7) is 3.77. The summed E-state index contributed by atoms with van der Waals surface area (Å²) in [6, 6.07) is 6.21. The Bertz CT molecular complexity index is 384. The summed E-state index contributed by atoms with van der Waals surface area (Å²) in [7, 11) is 0. The second kappa shape index (κ2) is 5.26. The molecule has 0 aromatic heterocycles. The number of carbonyl (C=O) groups is 1. The standard InChI is InChI=1S/C14H19NO/c1-2-15-9-8-14(16)13-7-6-11-4-3-5-12(11)10-13/h6-7,10,15H,2-5,8-9H2,1H3. The van der Waals surface area contributed by atoms with E-state index in [-0.39, 0.29) is 5.78 Å². The lowest BCUT2D eigenvalue weighted by Gasteiger charge is -2.04. The number of rotatable bonds is 5. The molecule has 2 nitrogen and oxygen atoms in total. The van der Waals surface area contributed by atoms with Gasteiger partial charge in [0.2, 0.25) is 0 Å². The molecular formula is C14H19NO. The van der Waals surface area contributed by atoms with Crippen LogP contribution in [0.25, 0.3) is 0 Å². The Kier molecular flexibility index (Phi) is 3.73. The summed E-state index contributed by atoms with van der Waals surface area (Å²) >= 11 is 0. The van der Waals surface area contributed by atoms with Crippen LogP contribution in [0.3, 0.4) is 0 Å². The molecule has 1 aromatic rings. The van der Waals surface area contributed by atoms with Crippen LogP contribution in [0.2, 0.25) is 0 Å². The summed E-state index contributed by atoms with van der Waals surface area (Å²) in [6.07, 6.45) is 4.17. The van der Waals surface area contributed by atoms with E-state index in [1.54, 1.807) is 0 Å². The molecule has 0 amide bonds. The molecule has 0 unspecified atom stereocenters. The Labute approximate surface area is 97.1 Å². The normalized spacial score (nSPS) is 13.8. The predicted octanol–water partition coefficient (Wildman–Crippen LogP) is 2.36. The van der Waals surface area contributed by atoms with Gasteiger partial charge in [-0.05, 0) is 43.0 Å². The molecule has 0 spiro atoms. The molecule has 2 heteroatoms.